The van der Waals surface area contributed by atoms with Gasteiger partial charge in [-0.3, -0.25) is 19.0 Å². The Balaban J connectivity index is 1.62. The normalized spacial score (nSPS) is 24.5. The molecule has 4 unspecified atom stereocenters. The van der Waals surface area contributed by atoms with Crippen LogP contribution >= 0.6 is 22.7 Å². The van der Waals surface area contributed by atoms with Crippen LogP contribution in [0.1, 0.15) is 63.1 Å². The summed E-state index contributed by atoms with van der Waals surface area (Å²) >= 11 is 2.89. The maximum absolute atomic E-state index is 13.2. The molecule has 178 valence electrons. The number of thiophene rings is 1. The number of thiazole rings is 1. The van der Waals surface area contributed by atoms with Crippen molar-refractivity contribution in [3.8, 4) is 0 Å². The largest absolute Gasteiger partial charge is 0.352 e. The van der Waals surface area contributed by atoms with E-state index in [0.29, 0.717) is 15.1 Å². The second-order valence-corrected chi connectivity index (χ2v) is 13.1. The standard InChI is InChI=1S/C26H34N2O3S2/c1-15-6-9-19(32-15)12-21-25(31)28(24(33-21)13-22(29)26(3,4)5)14-23(30)27-16(2)20-11-17-7-8-18(20)10-17/h6,9,12-13,16-18,20H,7-8,10-11,14H2,1-5H3,(H,27,30)/b21-12+,24-13-. The summed E-state index contributed by atoms with van der Waals surface area (Å²) in [6.07, 6.45) is 8.48. The monoisotopic (exact) mass is 486 g/mol. The zero-order chi connectivity index (χ0) is 23.9. The molecule has 5 nitrogen and oxygen atoms in total. The maximum Gasteiger partial charge on any atom is 0.269 e. The fourth-order valence-corrected chi connectivity index (χ4v) is 7.17. The van der Waals surface area contributed by atoms with E-state index in [1.165, 1.54) is 52.5 Å². The average Bonchev–Trinajstić information content (AvgIpc) is 3.50. The number of nitrogens with one attached hydrogen (secondary N) is 1. The Morgan fingerprint density at radius 3 is 2.55 bits per heavy atom. The molecule has 33 heavy (non-hydrogen) atoms. The van der Waals surface area contributed by atoms with Gasteiger partial charge in [0.25, 0.3) is 5.56 Å². The van der Waals surface area contributed by atoms with E-state index < -0.39 is 5.41 Å². The van der Waals surface area contributed by atoms with Crippen LogP contribution in [0, 0.1) is 30.1 Å². The van der Waals surface area contributed by atoms with Gasteiger partial charge in [-0.05, 0) is 69.1 Å². The van der Waals surface area contributed by atoms with E-state index in [1.807, 2.05) is 45.9 Å². The second kappa shape index (κ2) is 9.34. The summed E-state index contributed by atoms with van der Waals surface area (Å²) in [6, 6.07) is 4.10. The topological polar surface area (TPSA) is 68.2 Å². The molecule has 2 saturated carbocycles. The highest BCUT2D eigenvalue weighted by molar-refractivity contribution is 7.13. The van der Waals surface area contributed by atoms with E-state index in [1.54, 1.807) is 11.3 Å². The predicted octanol–water partition coefficient (Wildman–Crippen LogP) is 3.45. The number of aromatic nitrogens is 1. The molecule has 2 aliphatic rings. The smallest absolute Gasteiger partial charge is 0.269 e. The Morgan fingerprint density at radius 1 is 1.21 bits per heavy atom. The van der Waals surface area contributed by atoms with Gasteiger partial charge in [-0.25, -0.2) is 0 Å². The van der Waals surface area contributed by atoms with Crippen LogP contribution in [0.4, 0.5) is 0 Å². The van der Waals surface area contributed by atoms with Crippen LogP contribution in [-0.4, -0.2) is 22.3 Å². The summed E-state index contributed by atoms with van der Waals surface area (Å²) in [5.41, 5.74) is -0.778. The number of Topliss-reactive ketones (excluding diaryl/α,β-unsaturated/α-hetero) is 1. The number of amides is 1. The Morgan fingerprint density at radius 2 is 1.97 bits per heavy atom. The zero-order valence-corrected chi connectivity index (χ0v) is 21.8. The summed E-state index contributed by atoms with van der Waals surface area (Å²) in [6.45, 7) is 9.61. The SMILES string of the molecule is Cc1ccc(/C=c2/s/c(=C\C(=O)C(C)(C)C)n(CC(=O)NC(C)C3CC4CCC3C4)c2=O)s1. The van der Waals surface area contributed by atoms with Crippen LogP contribution in [0.5, 0.6) is 0 Å². The molecule has 7 heteroatoms. The summed E-state index contributed by atoms with van der Waals surface area (Å²) in [4.78, 5) is 41.1. The minimum atomic E-state index is -0.557. The number of carbonyl (C=O) groups excluding carboxylic acids is 2. The van der Waals surface area contributed by atoms with Crippen LogP contribution in [0.25, 0.3) is 12.2 Å². The lowest BCUT2D eigenvalue weighted by atomic mass is 9.84. The number of nitrogens with zero attached hydrogens (tertiary/aromatic N) is 1. The molecular formula is C26H34N2O3S2. The molecule has 4 rings (SSSR count). The number of aryl methyl sites for hydroxylation is 1. The summed E-state index contributed by atoms with van der Waals surface area (Å²) in [7, 11) is 0. The molecule has 1 amide bonds. The molecule has 0 saturated heterocycles. The van der Waals surface area contributed by atoms with Gasteiger partial charge in [0.1, 0.15) is 11.2 Å². The van der Waals surface area contributed by atoms with Crippen molar-refractivity contribution in [1.82, 2.24) is 9.88 Å². The molecule has 2 aliphatic carbocycles. The van der Waals surface area contributed by atoms with Gasteiger partial charge in [-0.2, -0.15) is 0 Å². The summed E-state index contributed by atoms with van der Waals surface area (Å²) < 4.78 is 2.53. The van der Waals surface area contributed by atoms with Crippen molar-refractivity contribution in [3.05, 3.63) is 41.4 Å². The van der Waals surface area contributed by atoms with Gasteiger partial charge >= 0.3 is 0 Å². The highest BCUT2D eigenvalue weighted by Crippen LogP contribution is 2.49. The molecule has 0 spiro atoms. The van der Waals surface area contributed by atoms with E-state index in [2.05, 4.69) is 12.2 Å². The third-order valence-electron chi connectivity index (χ3n) is 7.09. The lowest BCUT2D eigenvalue weighted by molar-refractivity contribution is -0.123. The lowest BCUT2D eigenvalue weighted by Gasteiger charge is -2.28. The average molecular weight is 487 g/mol. The minimum absolute atomic E-state index is 0.0632. The van der Waals surface area contributed by atoms with Gasteiger partial charge in [-0.15, -0.1) is 22.7 Å². The number of carbonyl (C=O) groups is 2. The van der Waals surface area contributed by atoms with Gasteiger partial charge in [0.15, 0.2) is 5.78 Å². The van der Waals surface area contributed by atoms with Crippen molar-refractivity contribution in [2.45, 2.75) is 72.9 Å². The summed E-state index contributed by atoms with van der Waals surface area (Å²) in [5, 5.41) is 3.15. The van der Waals surface area contributed by atoms with Crippen molar-refractivity contribution in [2.24, 2.45) is 23.2 Å². The molecule has 1 N–H and O–H groups in total. The van der Waals surface area contributed by atoms with Crippen LogP contribution < -0.4 is 20.1 Å². The van der Waals surface area contributed by atoms with Gasteiger partial charge in [0, 0.05) is 27.3 Å². The van der Waals surface area contributed by atoms with Crippen LogP contribution in [-0.2, 0) is 16.1 Å². The second-order valence-electron chi connectivity index (χ2n) is 10.7. The number of hydrogen-bond acceptors (Lipinski definition) is 5. The Kier molecular flexibility index (Phi) is 6.83. The Bertz CT molecular complexity index is 1230. The van der Waals surface area contributed by atoms with Crippen LogP contribution in [0.2, 0.25) is 0 Å². The molecule has 4 atom stereocenters. The van der Waals surface area contributed by atoms with E-state index >= 15 is 0 Å². The number of hydrogen-bond donors (Lipinski definition) is 1. The highest BCUT2D eigenvalue weighted by Gasteiger charge is 2.42. The number of ketones is 1. The van der Waals surface area contributed by atoms with Gasteiger partial charge in [0.05, 0.1) is 4.53 Å². The molecule has 0 aliphatic heterocycles. The van der Waals surface area contributed by atoms with Crippen molar-refractivity contribution in [2.75, 3.05) is 0 Å². The van der Waals surface area contributed by atoms with Crippen molar-refractivity contribution < 1.29 is 9.59 Å². The van der Waals surface area contributed by atoms with E-state index in [4.69, 9.17) is 0 Å². The van der Waals surface area contributed by atoms with Gasteiger partial charge in [-0.1, -0.05) is 27.2 Å². The predicted molar refractivity (Wildman–Crippen MR) is 136 cm³/mol. The third kappa shape index (κ3) is 5.40. The Hall–Kier alpha value is -1.99. The lowest BCUT2D eigenvalue weighted by Crippen LogP contribution is -2.44. The first-order valence-electron chi connectivity index (χ1n) is 11.8. The van der Waals surface area contributed by atoms with E-state index in [9.17, 15) is 14.4 Å². The maximum atomic E-state index is 13.2. The van der Waals surface area contributed by atoms with Gasteiger partial charge in [0.2, 0.25) is 5.91 Å². The molecular weight excluding hydrogens is 452 g/mol. The van der Waals surface area contributed by atoms with Crippen molar-refractivity contribution in [3.63, 3.8) is 0 Å². The number of fused-ring (bicyclic) bond motifs is 2. The molecule has 2 bridgehead atoms. The fraction of sp³-hybridized carbons (Fsp3) is 0.577. The third-order valence-corrected chi connectivity index (χ3v) is 9.10. The highest BCUT2D eigenvalue weighted by atomic mass is 32.1. The first kappa shape index (κ1) is 24.1. The Labute approximate surface area is 203 Å². The molecule has 2 fully saturated rings. The fourth-order valence-electron chi connectivity index (χ4n) is 5.24. The first-order valence-corrected chi connectivity index (χ1v) is 13.5. The molecule has 0 aromatic carbocycles. The molecule has 0 radical (unpaired) electrons. The minimum Gasteiger partial charge on any atom is -0.352 e. The molecule has 2 aromatic heterocycles. The zero-order valence-electron chi connectivity index (χ0n) is 20.1. The molecule has 2 heterocycles. The molecule has 2 aromatic rings. The van der Waals surface area contributed by atoms with Crippen LogP contribution in [0.15, 0.2) is 16.9 Å². The van der Waals surface area contributed by atoms with Gasteiger partial charge < -0.3 is 5.32 Å². The first-order chi connectivity index (χ1) is 15.5. The summed E-state index contributed by atoms with van der Waals surface area (Å²) in [5.74, 6) is 1.85. The van der Waals surface area contributed by atoms with E-state index in [-0.39, 0.29) is 29.8 Å². The van der Waals surface area contributed by atoms with E-state index in [0.717, 1.165) is 16.7 Å². The quantitative estimate of drug-likeness (QED) is 0.680. The number of rotatable bonds is 6. The van der Waals surface area contributed by atoms with Crippen molar-refractivity contribution >= 4 is 46.5 Å². The van der Waals surface area contributed by atoms with Crippen molar-refractivity contribution in [1.29, 1.82) is 0 Å². The van der Waals surface area contributed by atoms with Crippen LogP contribution in [0.3, 0.4) is 0 Å².